The van der Waals surface area contributed by atoms with Crippen LogP contribution in [0.25, 0.3) is 0 Å². The predicted molar refractivity (Wildman–Crippen MR) is 55.1 cm³/mol. The van der Waals surface area contributed by atoms with Crippen LogP contribution in [0.3, 0.4) is 0 Å². The summed E-state index contributed by atoms with van der Waals surface area (Å²) >= 11 is 0. The van der Waals surface area contributed by atoms with E-state index in [1.807, 2.05) is 6.92 Å². The molecule has 0 fully saturated rings. The predicted octanol–water partition coefficient (Wildman–Crippen LogP) is 1.61. The Hall–Kier alpha value is -1.77. The Bertz CT molecular complexity index is 383. The highest BCUT2D eigenvalue weighted by Gasteiger charge is 2.07. The molecule has 1 amide bonds. The Morgan fingerprint density at radius 3 is 2.71 bits per heavy atom. The van der Waals surface area contributed by atoms with E-state index in [1.165, 1.54) is 6.07 Å². The lowest BCUT2D eigenvalue weighted by Gasteiger charge is -2.04. The van der Waals surface area contributed by atoms with Crippen LogP contribution < -0.4 is 5.73 Å². The van der Waals surface area contributed by atoms with Crippen molar-refractivity contribution in [2.24, 2.45) is 5.73 Å². The van der Waals surface area contributed by atoms with E-state index in [-0.39, 0.29) is 11.3 Å². The van der Waals surface area contributed by atoms with Crippen LogP contribution in [0.1, 0.15) is 22.8 Å². The molecule has 1 aromatic rings. The first kappa shape index (κ1) is 10.3. The number of carbonyl (C=O) groups excluding carboxylic acids is 1. The van der Waals surface area contributed by atoms with Gasteiger partial charge in [-0.25, -0.2) is 0 Å². The van der Waals surface area contributed by atoms with Crippen molar-refractivity contribution in [1.82, 2.24) is 0 Å². The maximum atomic E-state index is 10.9. The molecule has 0 saturated carbocycles. The maximum absolute atomic E-state index is 10.9. The number of hydrogen-bond acceptors (Lipinski definition) is 2. The third-order valence-corrected chi connectivity index (χ3v) is 1.83. The van der Waals surface area contributed by atoms with Gasteiger partial charge in [-0.1, -0.05) is 18.2 Å². The zero-order valence-electron chi connectivity index (χ0n) is 8.08. The highest BCUT2D eigenvalue weighted by atomic mass is 16.3. The minimum Gasteiger partial charge on any atom is -0.507 e. The molecule has 3 heteroatoms. The number of hydrogen-bond donors (Lipinski definition) is 2. The van der Waals surface area contributed by atoms with Crippen molar-refractivity contribution < 1.29 is 9.90 Å². The zero-order chi connectivity index (χ0) is 10.7. The van der Waals surface area contributed by atoms with Gasteiger partial charge in [-0.3, -0.25) is 4.79 Å². The number of allylic oxidation sites excluding steroid dienone is 1. The van der Waals surface area contributed by atoms with Crippen LogP contribution >= 0.6 is 0 Å². The summed E-state index contributed by atoms with van der Waals surface area (Å²) < 4.78 is 0. The molecule has 0 aliphatic carbocycles. The van der Waals surface area contributed by atoms with E-state index in [0.717, 1.165) is 11.1 Å². The number of phenols is 1. The summed E-state index contributed by atoms with van der Waals surface area (Å²) in [5.74, 6) is -0.700. The second-order valence-electron chi connectivity index (χ2n) is 3.35. The van der Waals surface area contributed by atoms with Crippen molar-refractivity contribution in [3.8, 4) is 5.75 Å². The number of aromatic hydroxyl groups is 1. The summed E-state index contributed by atoms with van der Waals surface area (Å²) in [5, 5.41) is 9.32. The van der Waals surface area contributed by atoms with Gasteiger partial charge in [0, 0.05) is 0 Å². The van der Waals surface area contributed by atoms with Crippen LogP contribution in [-0.4, -0.2) is 11.0 Å². The van der Waals surface area contributed by atoms with Crippen LogP contribution in [0.4, 0.5) is 0 Å². The van der Waals surface area contributed by atoms with E-state index in [0.29, 0.717) is 6.42 Å². The molecule has 0 aliphatic heterocycles. The molecule has 14 heavy (non-hydrogen) atoms. The molecule has 74 valence electrons. The van der Waals surface area contributed by atoms with Gasteiger partial charge in [0.05, 0.1) is 5.56 Å². The molecule has 0 radical (unpaired) electrons. The Balaban J connectivity index is 3.06. The zero-order valence-corrected chi connectivity index (χ0v) is 8.08. The fourth-order valence-corrected chi connectivity index (χ4v) is 1.24. The van der Waals surface area contributed by atoms with Gasteiger partial charge in [0.1, 0.15) is 5.75 Å². The second kappa shape index (κ2) is 3.96. The van der Waals surface area contributed by atoms with E-state index in [4.69, 9.17) is 5.73 Å². The number of carbonyl (C=O) groups is 1. The summed E-state index contributed by atoms with van der Waals surface area (Å²) in [6.07, 6.45) is 0.681. The average molecular weight is 191 g/mol. The minimum atomic E-state index is -0.619. The van der Waals surface area contributed by atoms with Crippen molar-refractivity contribution in [3.63, 3.8) is 0 Å². The molecular weight excluding hydrogens is 178 g/mol. The quantitative estimate of drug-likeness (QED) is 0.713. The van der Waals surface area contributed by atoms with Gasteiger partial charge in [0.15, 0.2) is 0 Å². The van der Waals surface area contributed by atoms with Gasteiger partial charge in [-0.15, -0.1) is 0 Å². The standard InChI is InChI=1S/C11H13NO2/c1-7(2)5-8-3-4-10(13)9(6-8)11(12)14/h3-4,6,13H,1,5H2,2H3,(H2,12,14). The Labute approximate surface area is 82.9 Å². The average Bonchev–Trinajstić information content (AvgIpc) is 2.07. The van der Waals surface area contributed by atoms with Crippen molar-refractivity contribution in [3.05, 3.63) is 41.5 Å². The fraction of sp³-hybridized carbons (Fsp3) is 0.182. The summed E-state index contributed by atoms with van der Waals surface area (Å²) in [7, 11) is 0. The van der Waals surface area contributed by atoms with Gasteiger partial charge < -0.3 is 10.8 Å². The van der Waals surface area contributed by atoms with Crippen LogP contribution in [0, 0.1) is 0 Å². The SMILES string of the molecule is C=C(C)Cc1ccc(O)c(C(N)=O)c1. The fourth-order valence-electron chi connectivity index (χ4n) is 1.24. The monoisotopic (exact) mass is 191 g/mol. The van der Waals surface area contributed by atoms with Gasteiger partial charge in [0.2, 0.25) is 0 Å². The van der Waals surface area contributed by atoms with Crippen LogP contribution in [0.5, 0.6) is 5.75 Å². The van der Waals surface area contributed by atoms with Crippen molar-refractivity contribution in [2.75, 3.05) is 0 Å². The summed E-state index contributed by atoms with van der Waals surface area (Å²) in [6.45, 7) is 5.67. The maximum Gasteiger partial charge on any atom is 0.252 e. The lowest BCUT2D eigenvalue weighted by Crippen LogP contribution is -2.11. The van der Waals surface area contributed by atoms with Crippen molar-refractivity contribution in [1.29, 1.82) is 0 Å². The lowest BCUT2D eigenvalue weighted by molar-refractivity contribution is 0.0997. The normalized spacial score (nSPS) is 9.79. The van der Waals surface area contributed by atoms with E-state index in [9.17, 15) is 9.90 Å². The summed E-state index contributed by atoms with van der Waals surface area (Å²) in [6, 6.07) is 4.81. The largest absolute Gasteiger partial charge is 0.507 e. The van der Waals surface area contributed by atoms with Crippen LogP contribution in [-0.2, 0) is 6.42 Å². The van der Waals surface area contributed by atoms with E-state index in [1.54, 1.807) is 12.1 Å². The number of primary amides is 1. The van der Waals surface area contributed by atoms with E-state index >= 15 is 0 Å². The lowest BCUT2D eigenvalue weighted by atomic mass is 10.0. The molecule has 0 saturated heterocycles. The highest BCUT2D eigenvalue weighted by molar-refractivity contribution is 5.95. The third kappa shape index (κ3) is 2.36. The molecule has 0 unspecified atom stereocenters. The van der Waals surface area contributed by atoms with E-state index < -0.39 is 5.91 Å². The van der Waals surface area contributed by atoms with E-state index in [2.05, 4.69) is 6.58 Å². The molecular formula is C11H13NO2. The Kier molecular flexibility index (Phi) is 2.92. The first-order valence-electron chi connectivity index (χ1n) is 4.27. The molecule has 0 bridgehead atoms. The first-order valence-corrected chi connectivity index (χ1v) is 4.27. The first-order chi connectivity index (χ1) is 6.50. The van der Waals surface area contributed by atoms with Gasteiger partial charge >= 0.3 is 0 Å². The van der Waals surface area contributed by atoms with Gasteiger partial charge in [0.25, 0.3) is 5.91 Å². The second-order valence-corrected chi connectivity index (χ2v) is 3.35. The number of rotatable bonds is 3. The Morgan fingerprint density at radius 2 is 2.21 bits per heavy atom. The van der Waals surface area contributed by atoms with Crippen molar-refractivity contribution >= 4 is 5.91 Å². The van der Waals surface area contributed by atoms with Crippen molar-refractivity contribution in [2.45, 2.75) is 13.3 Å². The molecule has 3 N–H and O–H groups in total. The van der Waals surface area contributed by atoms with Crippen LogP contribution in [0.2, 0.25) is 0 Å². The molecule has 3 nitrogen and oxygen atoms in total. The van der Waals surface area contributed by atoms with Gasteiger partial charge in [-0.05, 0) is 31.0 Å². The molecule has 1 rings (SSSR count). The molecule has 1 aromatic carbocycles. The van der Waals surface area contributed by atoms with Gasteiger partial charge in [-0.2, -0.15) is 0 Å². The topological polar surface area (TPSA) is 63.3 Å². The number of nitrogens with two attached hydrogens (primary N) is 1. The molecule has 0 aromatic heterocycles. The number of amides is 1. The third-order valence-electron chi connectivity index (χ3n) is 1.83. The molecule has 0 atom stereocenters. The summed E-state index contributed by atoms with van der Waals surface area (Å²) in [5.41, 5.74) is 7.16. The molecule has 0 spiro atoms. The smallest absolute Gasteiger partial charge is 0.252 e. The highest BCUT2D eigenvalue weighted by Crippen LogP contribution is 2.19. The minimum absolute atomic E-state index is 0.0806. The molecule has 0 aliphatic rings. The summed E-state index contributed by atoms with van der Waals surface area (Å²) in [4.78, 5) is 10.9. The molecule has 0 heterocycles. The number of benzene rings is 1. The Morgan fingerprint density at radius 1 is 1.57 bits per heavy atom. The van der Waals surface area contributed by atoms with Crippen LogP contribution in [0.15, 0.2) is 30.4 Å².